The summed E-state index contributed by atoms with van der Waals surface area (Å²) in [4.78, 5) is 0. The van der Waals surface area contributed by atoms with Gasteiger partial charge in [0.25, 0.3) is 0 Å². The maximum absolute atomic E-state index is 5.94. The standard InChI is InChI=1S/C17H29NO2/c1-5-10-18-13-15-8-9-16(19-4)12-17(15)20-11-6-7-14(2)3/h8-9,12,14,18H,5-7,10-11,13H2,1-4H3. The second kappa shape index (κ2) is 9.65. The lowest BCUT2D eigenvalue weighted by Crippen LogP contribution is -2.15. The van der Waals surface area contributed by atoms with Crippen LogP contribution in [0.15, 0.2) is 18.2 Å². The molecule has 0 unspecified atom stereocenters. The Morgan fingerprint density at radius 3 is 2.70 bits per heavy atom. The average Bonchev–Trinajstić information content (AvgIpc) is 2.44. The van der Waals surface area contributed by atoms with Gasteiger partial charge >= 0.3 is 0 Å². The predicted molar refractivity (Wildman–Crippen MR) is 84.6 cm³/mol. The zero-order valence-corrected chi connectivity index (χ0v) is 13.4. The molecule has 1 aromatic rings. The Morgan fingerprint density at radius 1 is 1.25 bits per heavy atom. The molecule has 20 heavy (non-hydrogen) atoms. The third kappa shape index (κ3) is 6.29. The Bertz CT molecular complexity index is 377. The third-order valence-corrected chi connectivity index (χ3v) is 3.20. The first kappa shape index (κ1) is 16.8. The minimum atomic E-state index is 0.731. The topological polar surface area (TPSA) is 30.5 Å². The van der Waals surface area contributed by atoms with Gasteiger partial charge in [0.1, 0.15) is 11.5 Å². The molecule has 0 radical (unpaired) electrons. The Morgan fingerprint density at radius 2 is 2.05 bits per heavy atom. The van der Waals surface area contributed by atoms with Crippen LogP contribution in [0.4, 0.5) is 0 Å². The van der Waals surface area contributed by atoms with Gasteiger partial charge in [0, 0.05) is 18.2 Å². The smallest absolute Gasteiger partial charge is 0.127 e. The molecule has 0 saturated heterocycles. The molecule has 0 spiro atoms. The molecule has 0 aliphatic carbocycles. The van der Waals surface area contributed by atoms with Crippen LogP contribution >= 0.6 is 0 Å². The van der Waals surface area contributed by atoms with Crippen molar-refractivity contribution in [3.8, 4) is 11.5 Å². The van der Waals surface area contributed by atoms with Gasteiger partial charge in [0.05, 0.1) is 13.7 Å². The van der Waals surface area contributed by atoms with E-state index in [1.54, 1.807) is 7.11 Å². The molecule has 3 nitrogen and oxygen atoms in total. The number of ether oxygens (including phenoxy) is 2. The summed E-state index contributed by atoms with van der Waals surface area (Å²) in [7, 11) is 1.69. The highest BCUT2D eigenvalue weighted by Gasteiger charge is 2.06. The molecule has 0 heterocycles. The molecule has 1 aromatic carbocycles. The number of hydrogen-bond acceptors (Lipinski definition) is 3. The second-order valence-corrected chi connectivity index (χ2v) is 5.53. The zero-order valence-electron chi connectivity index (χ0n) is 13.4. The molecule has 0 aliphatic heterocycles. The largest absolute Gasteiger partial charge is 0.497 e. The van der Waals surface area contributed by atoms with Crippen molar-refractivity contribution in [1.82, 2.24) is 5.32 Å². The Balaban J connectivity index is 2.58. The first-order valence-corrected chi connectivity index (χ1v) is 7.67. The molecule has 0 bridgehead atoms. The van der Waals surface area contributed by atoms with Crippen LogP contribution in [0.25, 0.3) is 0 Å². The summed E-state index contributed by atoms with van der Waals surface area (Å²) >= 11 is 0. The Hall–Kier alpha value is -1.22. The zero-order chi connectivity index (χ0) is 14.8. The van der Waals surface area contributed by atoms with Crippen molar-refractivity contribution in [3.63, 3.8) is 0 Å². The van der Waals surface area contributed by atoms with Crippen LogP contribution in [-0.2, 0) is 6.54 Å². The van der Waals surface area contributed by atoms with E-state index in [0.29, 0.717) is 0 Å². The van der Waals surface area contributed by atoms with Crippen molar-refractivity contribution in [2.24, 2.45) is 5.92 Å². The molecule has 1 rings (SSSR count). The number of benzene rings is 1. The molecule has 0 aliphatic rings. The summed E-state index contributed by atoms with van der Waals surface area (Å²) in [6.07, 6.45) is 3.44. The fourth-order valence-electron chi connectivity index (χ4n) is 2.02. The van der Waals surface area contributed by atoms with Crippen molar-refractivity contribution in [2.75, 3.05) is 20.3 Å². The van der Waals surface area contributed by atoms with Gasteiger partial charge in [-0.2, -0.15) is 0 Å². The van der Waals surface area contributed by atoms with Crippen molar-refractivity contribution in [1.29, 1.82) is 0 Å². The SMILES string of the molecule is CCCNCc1ccc(OC)cc1OCCCC(C)C. The highest BCUT2D eigenvalue weighted by Crippen LogP contribution is 2.25. The van der Waals surface area contributed by atoms with Gasteiger partial charge in [-0.1, -0.05) is 26.8 Å². The summed E-state index contributed by atoms with van der Waals surface area (Å²) in [5.74, 6) is 2.52. The van der Waals surface area contributed by atoms with Gasteiger partial charge in [-0.15, -0.1) is 0 Å². The molecule has 0 atom stereocenters. The van der Waals surface area contributed by atoms with E-state index < -0.39 is 0 Å². The van der Waals surface area contributed by atoms with E-state index in [0.717, 1.165) is 50.0 Å². The molecule has 0 amide bonds. The van der Waals surface area contributed by atoms with Crippen LogP contribution in [-0.4, -0.2) is 20.3 Å². The van der Waals surface area contributed by atoms with Crippen molar-refractivity contribution in [3.05, 3.63) is 23.8 Å². The monoisotopic (exact) mass is 279 g/mol. The summed E-state index contributed by atoms with van der Waals surface area (Å²) in [6, 6.07) is 6.06. The first-order chi connectivity index (χ1) is 9.67. The average molecular weight is 279 g/mol. The van der Waals surface area contributed by atoms with E-state index in [-0.39, 0.29) is 0 Å². The van der Waals surface area contributed by atoms with E-state index >= 15 is 0 Å². The number of rotatable bonds is 10. The van der Waals surface area contributed by atoms with Gasteiger partial charge in [0.15, 0.2) is 0 Å². The van der Waals surface area contributed by atoms with Crippen LogP contribution in [0, 0.1) is 5.92 Å². The lowest BCUT2D eigenvalue weighted by atomic mass is 10.1. The quantitative estimate of drug-likeness (QED) is 0.656. The second-order valence-electron chi connectivity index (χ2n) is 5.53. The predicted octanol–water partition coefficient (Wildman–Crippen LogP) is 4.01. The van der Waals surface area contributed by atoms with Crippen LogP contribution in [0.2, 0.25) is 0 Å². The summed E-state index contributed by atoms with van der Waals surface area (Å²) in [5, 5.41) is 3.42. The van der Waals surface area contributed by atoms with Crippen molar-refractivity contribution in [2.45, 2.75) is 46.6 Å². The van der Waals surface area contributed by atoms with Crippen LogP contribution in [0.1, 0.15) is 45.6 Å². The number of methoxy groups -OCH3 is 1. The highest BCUT2D eigenvalue weighted by molar-refractivity contribution is 5.40. The van der Waals surface area contributed by atoms with Gasteiger partial charge in [-0.3, -0.25) is 0 Å². The molecule has 1 N–H and O–H groups in total. The van der Waals surface area contributed by atoms with Crippen molar-refractivity contribution < 1.29 is 9.47 Å². The summed E-state index contributed by atoms with van der Waals surface area (Å²) in [5.41, 5.74) is 1.20. The van der Waals surface area contributed by atoms with Gasteiger partial charge in [-0.25, -0.2) is 0 Å². The minimum Gasteiger partial charge on any atom is -0.497 e. The molecule has 0 saturated carbocycles. The third-order valence-electron chi connectivity index (χ3n) is 3.20. The maximum atomic E-state index is 5.94. The first-order valence-electron chi connectivity index (χ1n) is 7.67. The van der Waals surface area contributed by atoms with E-state index in [2.05, 4.69) is 32.2 Å². The molecule has 0 fully saturated rings. The molecule has 3 heteroatoms. The maximum Gasteiger partial charge on any atom is 0.127 e. The Kier molecular flexibility index (Phi) is 8.12. The fraction of sp³-hybridized carbons (Fsp3) is 0.647. The Labute approximate surface area is 123 Å². The molecular weight excluding hydrogens is 250 g/mol. The summed E-state index contributed by atoms with van der Waals surface area (Å²) in [6.45, 7) is 9.30. The number of hydrogen-bond donors (Lipinski definition) is 1. The highest BCUT2D eigenvalue weighted by atomic mass is 16.5. The summed E-state index contributed by atoms with van der Waals surface area (Å²) < 4.78 is 11.2. The fourth-order valence-corrected chi connectivity index (χ4v) is 2.02. The van der Waals surface area contributed by atoms with E-state index in [4.69, 9.17) is 9.47 Å². The van der Waals surface area contributed by atoms with E-state index in [1.165, 1.54) is 12.0 Å². The van der Waals surface area contributed by atoms with E-state index in [1.807, 2.05) is 12.1 Å². The van der Waals surface area contributed by atoms with Gasteiger partial charge < -0.3 is 14.8 Å². The van der Waals surface area contributed by atoms with Crippen LogP contribution < -0.4 is 14.8 Å². The van der Waals surface area contributed by atoms with Crippen LogP contribution in [0.3, 0.4) is 0 Å². The lowest BCUT2D eigenvalue weighted by molar-refractivity contribution is 0.292. The van der Waals surface area contributed by atoms with Crippen LogP contribution in [0.5, 0.6) is 11.5 Å². The molecule has 0 aromatic heterocycles. The molecule has 114 valence electrons. The van der Waals surface area contributed by atoms with Gasteiger partial charge in [0.2, 0.25) is 0 Å². The van der Waals surface area contributed by atoms with Gasteiger partial charge in [-0.05, 0) is 37.8 Å². The van der Waals surface area contributed by atoms with Crippen molar-refractivity contribution >= 4 is 0 Å². The van der Waals surface area contributed by atoms with E-state index in [9.17, 15) is 0 Å². The molecular formula is C17H29NO2. The lowest BCUT2D eigenvalue weighted by Gasteiger charge is -2.14. The minimum absolute atomic E-state index is 0.731. The normalized spacial score (nSPS) is 10.8. The number of nitrogens with one attached hydrogen (secondary N) is 1.